The molecule has 13 aromatic rings. The molecule has 0 aliphatic heterocycles. The first-order valence-electron chi connectivity index (χ1n) is 19.1. The molecule has 13 rings (SSSR count). The molecular weight excluding hydrogens is 665 g/mol. The highest BCUT2D eigenvalue weighted by atomic mass is 16.3. The monoisotopic (exact) mass is 694 g/mol. The van der Waals surface area contributed by atoms with Crippen molar-refractivity contribution in [2.45, 2.75) is 0 Å². The molecule has 1 heterocycles. The standard InChI is InChI=1S/C54H30O/c1-3-14-31(15-4-1)47-45-30-44-34-19-8-7-18-33(34)37-21-11-25-41(50(37)44)51(45)48(32-16-5-2-6-17-32)53-43-29-28-35(38-22-12-26-42(49(38)43)52(47)53)39-23-13-24-40-36-20-9-10-27-46(36)55-54(39)40/h1-30H. The van der Waals surface area contributed by atoms with Crippen LogP contribution in [-0.2, 0) is 0 Å². The Balaban J connectivity index is 1.28. The molecule has 0 spiro atoms. The van der Waals surface area contributed by atoms with Crippen LogP contribution in [0.25, 0.3) is 131 Å². The summed E-state index contributed by atoms with van der Waals surface area (Å²) in [6, 6.07) is 67.1. The van der Waals surface area contributed by atoms with Crippen molar-refractivity contribution in [2.75, 3.05) is 0 Å². The second-order valence-corrected chi connectivity index (χ2v) is 15.0. The maximum Gasteiger partial charge on any atom is 0.143 e. The van der Waals surface area contributed by atoms with Gasteiger partial charge >= 0.3 is 0 Å². The van der Waals surface area contributed by atoms with Crippen LogP contribution in [-0.4, -0.2) is 0 Å². The third-order valence-electron chi connectivity index (χ3n) is 12.3. The quantitative estimate of drug-likeness (QED) is 0.168. The molecule has 0 amide bonds. The van der Waals surface area contributed by atoms with Gasteiger partial charge < -0.3 is 4.42 Å². The molecule has 0 aliphatic rings. The van der Waals surface area contributed by atoms with Gasteiger partial charge in [0.15, 0.2) is 0 Å². The van der Waals surface area contributed by atoms with E-state index in [4.69, 9.17) is 4.42 Å². The molecule has 1 nitrogen and oxygen atoms in total. The fourth-order valence-corrected chi connectivity index (χ4v) is 10.2. The van der Waals surface area contributed by atoms with Crippen molar-refractivity contribution in [2.24, 2.45) is 0 Å². The molecule has 0 radical (unpaired) electrons. The topological polar surface area (TPSA) is 13.1 Å². The zero-order valence-electron chi connectivity index (χ0n) is 29.7. The number of hydrogen-bond acceptors (Lipinski definition) is 1. The highest BCUT2D eigenvalue weighted by molar-refractivity contribution is 6.45. The highest BCUT2D eigenvalue weighted by Gasteiger charge is 2.27. The zero-order chi connectivity index (χ0) is 35.8. The first kappa shape index (κ1) is 29.3. The number of rotatable bonds is 3. The van der Waals surface area contributed by atoms with Gasteiger partial charge in [0.2, 0.25) is 0 Å². The van der Waals surface area contributed by atoms with Crippen molar-refractivity contribution < 1.29 is 4.42 Å². The van der Waals surface area contributed by atoms with E-state index in [1.165, 1.54) is 103 Å². The van der Waals surface area contributed by atoms with E-state index in [0.717, 1.165) is 27.5 Å². The maximum atomic E-state index is 6.62. The summed E-state index contributed by atoms with van der Waals surface area (Å²) in [5.41, 5.74) is 9.22. The third-order valence-corrected chi connectivity index (χ3v) is 12.3. The Hall–Kier alpha value is -7.22. The Bertz CT molecular complexity index is 3680. The smallest absolute Gasteiger partial charge is 0.143 e. The molecule has 0 aliphatic carbocycles. The van der Waals surface area contributed by atoms with Crippen LogP contribution in [0.15, 0.2) is 186 Å². The highest BCUT2D eigenvalue weighted by Crippen LogP contribution is 2.55. The van der Waals surface area contributed by atoms with E-state index in [2.05, 4.69) is 176 Å². The lowest BCUT2D eigenvalue weighted by atomic mass is 9.84. The first-order valence-corrected chi connectivity index (χ1v) is 19.1. The van der Waals surface area contributed by atoms with E-state index in [0.29, 0.717) is 0 Å². The molecular formula is C54H30O. The average molecular weight is 695 g/mol. The summed E-state index contributed by atoms with van der Waals surface area (Å²) in [6.45, 7) is 0. The predicted octanol–water partition coefficient (Wildman–Crippen LogP) is 15.5. The van der Waals surface area contributed by atoms with Crippen molar-refractivity contribution in [3.63, 3.8) is 0 Å². The Morgan fingerprint density at radius 3 is 1.56 bits per heavy atom. The van der Waals surface area contributed by atoms with Crippen LogP contribution in [0.3, 0.4) is 0 Å². The van der Waals surface area contributed by atoms with Gasteiger partial charge in [0.25, 0.3) is 0 Å². The second-order valence-electron chi connectivity index (χ2n) is 15.0. The van der Waals surface area contributed by atoms with Crippen LogP contribution >= 0.6 is 0 Å². The molecule has 1 aromatic heterocycles. The Labute approximate surface area is 315 Å². The summed E-state index contributed by atoms with van der Waals surface area (Å²) in [4.78, 5) is 0. The second kappa shape index (κ2) is 10.7. The number of fused-ring (bicyclic) bond motifs is 11. The number of hydrogen-bond donors (Lipinski definition) is 0. The molecule has 252 valence electrons. The molecule has 0 unspecified atom stereocenters. The van der Waals surface area contributed by atoms with E-state index >= 15 is 0 Å². The van der Waals surface area contributed by atoms with Gasteiger partial charge in [-0.1, -0.05) is 170 Å². The molecule has 0 saturated heterocycles. The SMILES string of the molecule is c1ccc(-c2c3cc4c5ccccc5c5cccc(c3c(-c3ccccc3)c3c6ccc(-c7cccc8c7oc7ccccc78)c7cccc(c23)c76)c54)cc1. The van der Waals surface area contributed by atoms with E-state index in [1.807, 2.05) is 6.07 Å². The van der Waals surface area contributed by atoms with Crippen LogP contribution in [0.1, 0.15) is 0 Å². The van der Waals surface area contributed by atoms with Gasteiger partial charge in [0.05, 0.1) is 0 Å². The van der Waals surface area contributed by atoms with Gasteiger partial charge in [0.1, 0.15) is 11.2 Å². The van der Waals surface area contributed by atoms with Crippen LogP contribution in [0.5, 0.6) is 0 Å². The molecule has 1 heteroatoms. The number of furan rings is 1. The molecule has 12 aromatic carbocycles. The zero-order valence-corrected chi connectivity index (χ0v) is 29.7. The molecule has 0 N–H and O–H groups in total. The lowest BCUT2D eigenvalue weighted by Crippen LogP contribution is -1.91. The lowest BCUT2D eigenvalue weighted by molar-refractivity contribution is 0.670. The van der Waals surface area contributed by atoms with Gasteiger partial charge in [-0.25, -0.2) is 0 Å². The molecule has 0 bridgehead atoms. The normalized spacial score (nSPS) is 12.4. The molecule has 0 saturated carbocycles. The van der Waals surface area contributed by atoms with Gasteiger partial charge in [-0.15, -0.1) is 0 Å². The van der Waals surface area contributed by atoms with Gasteiger partial charge in [-0.05, 0) is 115 Å². The number of benzene rings is 10. The van der Waals surface area contributed by atoms with E-state index in [-0.39, 0.29) is 0 Å². The summed E-state index contributed by atoms with van der Waals surface area (Å²) < 4.78 is 6.62. The Morgan fingerprint density at radius 1 is 0.255 bits per heavy atom. The van der Waals surface area contributed by atoms with Crippen LogP contribution < -0.4 is 0 Å². The fraction of sp³-hybridized carbons (Fsp3) is 0. The van der Waals surface area contributed by atoms with Crippen molar-refractivity contribution in [1.82, 2.24) is 0 Å². The summed E-state index contributed by atoms with van der Waals surface area (Å²) in [7, 11) is 0. The summed E-state index contributed by atoms with van der Waals surface area (Å²) in [6.07, 6.45) is 0. The van der Waals surface area contributed by atoms with E-state index in [9.17, 15) is 0 Å². The van der Waals surface area contributed by atoms with Crippen molar-refractivity contribution >= 4 is 97.3 Å². The molecule has 0 fully saturated rings. The van der Waals surface area contributed by atoms with Crippen molar-refractivity contribution in [1.29, 1.82) is 0 Å². The fourth-order valence-electron chi connectivity index (χ4n) is 10.2. The minimum atomic E-state index is 0.917. The minimum Gasteiger partial charge on any atom is -0.455 e. The summed E-state index contributed by atoms with van der Waals surface area (Å²) in [5, 5.41) is 20.6. The lowest BCUT2D eigenvalue weighted by Gasteiger charge is -2.19. The predicted molar refractivity (Wildman–Crippen MR) is 235 cm³/mol. The van der Waals surface area contributed by atoms with Crippen LogP contribution in [0.4, 0.5) is 0 Å². The third kappa shape index (κ3) is 3.77. The largest absolute Gasteiger partial charge is 0.455 e. The average Bonchev–Trinajstić information content (AvgIpc) is 3.91. The summed E-state index contributed by atoms with van der Waals surface area (Å²) in [5.74, 6) is 0. The van der Waals surface area contributed by atoms with Crippen LogP contribution in [0, 0.1) is 0 Å². The van der Waals surface area contributed by atoms with Crippen LogP contribution in [0.2, 0.25) is 0 Å². The van der Waals surface area contributed by atoms with Gasteiger partial charge in [-0.2, -0.15) is 0 Å². The number of para-hydroxylation sites is 2. The van der Waals surface area contributed by atoms with E-state index in [1.54, 1.807) is 0 Å². The minimum absolute atomic E-state index is 0.917. The van der Waals surface area contributed by atoms with E-state index < -0.39 is 0 Å². The van der Waals surface area contributed by atoms with Gasteiger partial charge in [-0.3, -0.25) is 0 Å². The Morgan fingerprint density at radius 2 is 0.782 bits per heavy atom. The molecule has 55 heavy (non-hydrogen) atoms. The van der Waals surface area contributed by atoms with Crippen molar-refractivity contribution in [3.8, 4) is 33.4 Å². The molecule has 0 atom stereocenters. The first-order chi connectivity index (χ1) is 27.3. The van der Waals surface area contributed by atoms with Crippen molar-refractivity contribution in [3.05, 3.63) is 182 Å². The maximum absolute atomic E-state index is 6.62. The summed E-state index contributed by atoms with van der Waals surface area (Å²) >= 11 is 0. The Kier molecular flexibility index (Phi) is 5.69. The van der Waals surface area contributed by atoms with Gasteiger partial charge in [0, 0.05) is 16.3 Å².